The molecule has 0 saturated carbocycles. The summed E-state index contributed by atoms with van der Waals surface area (Å²) >= 11 is 0. The van der Waals surface area contributed by atoms with Gasteiger partial charge < -0.3 is 24.5 Å². The number of benzene rings is 1. The average Bonchev–Trinajstić information content (AvgIpc) is 2.98. The number of ether oxygens (including phenoxy) is 2. The molecule has 1 aliphatic rings. The van der Waals surface area contributed by atoms with Crippen LogP contribution in [0.2, 0.25) is 0 Å². The molecule has 7 heteroatoms. The molecule has 0 aliphatic carbocycles. The van der Waals surface area contributed by atoms with Crippen LogP contribution in [0.4, 0.5) is 5.69 Å². The molecule has 0 unspecified atom stereocenters. The van der Waals surface area contributed by atoms with Crippen molar-refractivity contribution in [2.75, 3.05) is 25.1 Å². The Morgan fingerprint density at radius 1 is 1.18 bits per heavy atom. The number of aryl methyl sites for hydroxylation is 1. The van der Waals surface area contributed by atoms with Crippen LogP contribution in [0.3, 0.4) is 0 Å². The van der Waals surface area contributed by atoms with Crippen molar-refractivity contribution in [3.8, 4) is 11.5 Å². The van der Waals surface area contributed by atoms with Crippen LogP contribution in [0.25, 0.3) is 5.65 Å². The van der Waals surface area contributed by atoms with Crippen LogP contribution in [0.15, 0.2) is 47.6 Å². The van der Waals surface area contributed by atoms with Crippen LogP contribution in [0.1, 0.15) is 24.7 Å². The van der Waals surface area contributed by atoms with Crippen molar-refractivity contribution >= 4 is 17.3 Å². The Kier molecular flexibility index (Phi) is 5.32. The van der Waals surface area contributed by atoms with Gasteiger partial charge in [-0.3, -0.25) is 0 Å². The fraction of sp³-hybridized carbons (Fsp3) is 0.333. The highest BCUT2D eigenvalue weighted by atomic mass is 16.5. The Morgan fingerprint density at radius 2 is 2.04 bits per heavy atom. The van der Waals surface area contributed by atoms with Crippen molar-refractivity contribution in [2.24, 2.45) is 4.99 Å². The Bertz CT molecular complexity index is 996. The molecule has 1 aromatic carbocycles. The number of aliphatic imine (C=N–C) groups is 1. The molecule has 7 nitrogen and oxygen atoms in total. The van der Waals surface area contributed by atoms with E-state index in [9.17, 15) is 0 Å². The van der Waals surface area contributed by atoms with E-state index in [0.29, 0.717) is 25.7 Å². The third-order valence-corrected chi connectivity index (χ3v) is 4.50. The molecule has 0 spiro atoms. The minimum absolute atomic E-state index is 0.487. The number of imidazole rings is 1. The number of pyridine rings is 1. The second kappa shape index (κ2) is 8.21. The van der Waals surface area contributed by atoms with Gasteiger partial charge >= 0.3 is 0 Å². The van der Waals surface area contributed by atoms with E-state index in [1.54, 1.807) is 0 Å². The first kappa shape index (κ1) is 18.2. The molecule has 2 N–H and O–H groups in total. The Labute approximate surface area is 164 Å². The molecule has 28 heavy (non-hydrogen) atoms. The fourth-order valence-corrected chi connectivity index (χ4v) is 3.12. The fourth-order valence-electron chi connectivity index (χ4n) is 3.12. The minimum Gasteiger partial charge on any atom is -0.490 e. The van der Waals surface area contributed by atoms with Crippen molar-refractivity contribution in [2.45, 2.75) is 26.8 Å². The van der Waals surface area contributed by atoms with Crippen LogP contribution < -0.4 is 20.1 Å². The molecule has 2 aromatic heterocycles. The lowest BCUT2D eigenvalue weighted by Gasteiger charge is -2.13. The Morgan fingerprint density at radius 3 is 2.86 bits per heavy atom. The van der Waals surface area contributed by atoms with Gasteiger partial charge in [-0.05, 0) is 38.1 Å². The van der Waals surface area contributed by atoms with Gasteiger partial charge in [-0.1, -0.05) is 6.07 Å². The highest BCUT2D eigenvalue weighted by Crippen LogP contribution is 2.32. The number of nitrogens with zero attached hydrogens (tertiary/aromatic N) is 3. The van der Waals surface area contributed by atoms with Gasteiger partial charge in [0.2, 0.25) is 0 Å². The summed E-state index contributed by atoms with van der Waals surface area (Å²) in [5, 5.41) is 6.61. The lowest BCUT2D eigenvalue weighted by Crippen LogP contribution is -2.30. The molecule has 0 saturated heterocycles. The summed E-state index contributed by atoms with van der Waals surface area (Å²) in [5.74, 6) is 2.24. The van der Waals surface area contributed by atoms with Crippen LogP contribution >= 0.6 is 0 Å². The van der Waals surface area contributed by atoms with E-state index >= 15 is 0 Å². The molecule has 0 atom stereocenters. The van der Waals surface area contributed by atoms with E-state index in [-0.39, 0.29) is 0 Å². The molecule has 3 aromatic rings. The molecule has 0 fully saturated rings. The van der Waals surface area contributed by atoms with Crippen LogP contribution in [0, 0.1) is 6.92 Å². The maximum atomic E-state index is 5.77. The zero-order valence-corrected chi connectivity index (χ0v) is 16.2. The lowest BCUT2D eigenvalue weighted by molar-refractivity contribution is 0.297. The number of nitrogens with one attached hydrogen (secondary N) is 2. The van der Waals surface area contributed by atoms with E-state index in [0.717, 1.165) is 47.2 Å². The van der Waals surface area contributed by atoms with E-state index in [4.69, 9.17) is 9.47 Å². The molecule has 0 bridgehead atoms. The van der Waals surface area contributed by atoms with Gasteiger partial charge in [0.1, 0.15) is 5.65 Å². The van der Waals surface area contributed by atoms with Gasteiger partial charge in [-0.2, -0.15) is 0 Å². The largest absolute Gasteiger partial charge is 0.490 e. The predicted octanol–water partition coefficient (Wildman–Crippen LogP) is 3.38. The zero-order valence-electron chi connectivity index (χ0n) is 16.2. The van der Waals surface area contributed by atoms with E-state index < -0.39 is 0 Å². The number of fused-ring (bicyclic) bond motifs is 2. The highest BCUT2D eigenvalue weighted by Gasteiger charge is 2.11. The topological polar surface area (TPSA) is 72.2 Å². The van der Waals surface area contributed by atoms with Crippen LogP contribution in [0.5, 0.6) is 11.5 Å². The van der Waals surface area contributed by atoms with Crippen molar-refractivity contribution in [3.05, 3.63) is 54.0 Å². The monoisotopic (exact) mass is 379 g/mol. The maximum absolute atomic E-state index is 5.77. The van der Waals surface area contributed by atoms with E-state index in [2.05, 4.69) is 38.0 Å². The minimum atomic E-state index is 0.487. The smallest absolute Gasteiger partial charge is 0.196 e. The standard InChI is InChI=1S/C21H25N5O2/c1-3-22-21(23-13-17-14-26-15(2)6-4-7-20(26)24-17)25-16-8-9-18-19(12-16)28-11-5-10-27-18/h4,6-9,12,14H,3,5,10-11,13H2,1-2H3,(H2,22,23,25). The third-order valence-electron chi connectivity index (χ3n) is 4.50. The molecular formula is C21H25N5O2. The van der Waals surface area contributed by atoms with Gasteiger partial charge in [0.25, 0.3) is 0 Å². The number of guanidine groups is 1. The molecule has 3 heterocycles. The predicted molar refractivity (Wildman–Crippen MR) is 110 cm³/mol. The van der Waals surface area contributed by atoms with E-state index in [1.807, 2.05) is 43.5 Å². The normalized spacial score (nSPS) is 14.0. The SMILES string of the molecule is CCNC(=NCc1cn2c(C)cccc2n1)Nc1ccc2c(c1)OCCCO2. The number of hydrogen-bond acceptors (Lipinski definition) is 4. The zero-order chi connectivity index (χ0) is 19.3. The number of rotatable bonds is 4. The average molecular weight is 379 g/mol. The second-order valence-electron chi connectivity index (χ2n) is 6.66. The van der Waals surface area contributed by atoms with E-state index in [1.165, 1.54) is 0 Å². The lowest BCUT2D eigenvalue weighted by atomic mass is 10.3. The summed E-state index contributed by atoms with van der Waals surface area (Å²) in [6, 6.07) is 11.9. The van der Waals surface area contributed by atoms with Gasteiger partial charge in [0.05, 0.1) is 25.5 Å². The Balaban J connectivity index is 1.51. The summed E-state index contributed by atoms with van der Waals surface area (Å²) in [4.78, 5) is 9.33. The molecular weight excluding hydrogens is 354 g/mol. The first-order chi connectivity index (χ1) is 13.7. The summed E-state index contributed by atoms with van der Waals surface area (Å²) in [5.41, 5.74) is 3.91. The van der Waals surface area contributed by atoms with Crippen LogP contribution in [-0.4, -0.2) is 35.1 Å². The first-order valence-electron chi connectivity index (χ1n) is 9.61. The molecule has 4 rings (SSSR count). The molecule has 146 valence electrons. The van der Waals surface area contributed by atoms with Crippen molar-refractivity contribution < 1.29 is 9.47 Å². The summed E-state index contributed by atoms with van der Waals surface area (Å²) in [7, 11) is 0. The van der Waals surface area contributed by atoms with Gasteiger partial charge in [0, 0.05) is 36.6 Å². The van der Waals surface area contributed by atoms with Crippen molar-refractivity contribution in [1.82, 2.24) is 14.7 Å². The van der Waals surface area contributed by atoms with Crippen LogP contribution in [-0.2, 0) is 6.54 Å². The summed E-state index contributed by atoms with van der Waals surface area (Å²) in [6.07, 6.45) is 2.92. The van der Waals surface area contributed by atoms with Crippen molar-refractivity contribution in [1.29, 1.82) is 0 Å². The van der Waals surface area contributed by atoms with Gasteiger partial charge in [0.15, 0.2) is 17.5 Å². The third kappa shape index (κ3) is 4.03. The Hall–Kier alpha value is -3.22. The molecule has 1 aliphatic heterocycles. The summed E-state index contributed by atoms with van der Waals surface area (Å²) in [6.45, 7) is 6.71. The number of hydrogen-bond donors (Lipinski definition) is 2. The van der Waals surface area contributed by atoms with Crippen molar-refractivity contribution in [3.63, 3.8) is 0 Å². The second-order valence-corrected chi connectivity index (χ2v) is 6.66. The number of anilines is 1. The first-order valence-corrected chi connectivity index (χ1v) is 9.61. The van der Waals surface area contributed by atoms with Gasteiger partial charge in [-0.25, -0.2) is 9.98 Å². The van der Waals surface area contributed by atoms with Gasteiger partial charge in [-0.15, -0.1) is 0 Å². The summed E-state index contributed by atoms with van der Waals surface area (Å²) < 4.78 is 13.5. The maximum Gasteiger partial charge on any atom is 0.196 e. The quantitative estimate of drug-likeness (QED) is 0.537. The molecule has 0 amide bonds. The number of aromatic nitrogens is 2. The highest BCUT2D eigenvalue weighted by molar-refractivity contribution is 5.93. The molecule has 0 radical (unpaired) electrons.